The first-order valence-electron chi connectivity index (χ1n) is 10.5. The summed E-state index contributed by atoms with van der Waals surface area (Å²) in [5.74, 6) is 0.747. The van der Waals surface area contributed by atoms with Crippen molar-refractivity contribution in [1.29, 1.82) is 0 Å². The average Bonchev–Trinajstić information content (AvgIpc) is 2.83. The van der Waals surface area contributed by atoms with Crippen LogP contribution in [0.3, 0.4) is 0 Å². The number of carbonyl (C=O) groups excluding carboxylic acids is 1. The Hall–Kier alpha value is -3.04. The molecule has 0 unspecified atom stereocenters. The lowest BCUT2D eigenvalue weighted by molar-refractivity contribution is -0.120. The number of nitrogens with zero attached hydrogens (tertiary/aromatic N) is 1. The zero-order valence-corrected chi connectivity index (χ0v) is 21.8. The fourth-order valence-electron chi connectivity index (χ4n) is 3.43. The molecule has 180 valence electrons. The first kappa shape index (κ1) is 25.6. The normalized spacial score (nSPS) is 12.0. The maximum absolute atomic E-state index is 13.5. The molecule has 0 saturated heterocycles. The van der Waals surface area contributed by atoms with Crippen molar-refractivity contribution in [1.82, 2.24) is 5.32 Å². The summed E-state index contributed by atoms with van der Waals surface area (Å²) in [6.45, 7) is 3.28. The molecule has 0 saturated carbocycles. The molecule has 0 heterocycles. The molecule has 0 aliphatic rings. The Morgan fingerprint density at radius 1 is 1.00 bits per heavy atom. The Labute approximate surface area is 208 Å². The number of hydrogen-bond acceptors (Lipinski definition) is 5. The lowest BCUT2D eigenvalue weighted by Gasteiger charge is -2.25. The van der Waals surface area contributed by atoms with Gasteiger partial charge in [-0.2, -0.15) is 0 Å². The maximum Gasteiger partial charge on any atom is 0.264 e. The number of aryl methyl sites for hydroxylation is 1. The number of rotatable bonds is 9. The van der Waals surface area contributed by atoms with E-state index in [1.165, 1.54) is 12.1 Å². The number of halogens is 1. The number of nitrogens with one attached hydrogen (secondary N) is 1. The second-order valence-electron chi connectivity index (χ2n) is 7.70. The summed E-state index contributed by atoms with van der Waals surface area (Å²) in [5.41, 5.74) is 2.03. The molecule has 1 amide bonds. The molecule has 0 spiro atoms. The molecule has 3 aromatic carbocycles. The van der Waals surface area contributed by atoms with Crippen LogP contribution in [0.4, 0.5) is 5.69 Å². The molecule has 0 radical (unpaired) electrons. The van der Waals surface area contributed by atoms with Gasteiger partial charge in [0.25, 0.3) is 10.0 Å². The first-order chi connectivity index (χ1) is 16.1. The summed E-state index contributed by atoms with van der Waals surface area (Å²) in [6.07, 6.45) is 0. The smallest absolute Gasteiger partial charge is 0.264 e. The van der Waals surface area contributed by atoms with Crippen LogP contribution in [-0.2, 0) is 14.8 Å². The van der Waals surface area contributed by atoms with Gasteiger partial charge in [0.15, 0.2) is 0 Å². The van der Waals surface area contributed by atoms with E-state index in [1.54, 1.807) is 75.7 Å². The number of hydrogen-bond donors (Lipinski definition) is 1. The first-order valence-corrected chi connectivity index (χ1v) is 12.7. The van der Waals surface area contributed by atoms with Gasteiger partial charge in [0, 0.05) is 10.0 Å². The second kappa shape index (κ2) is 10.9. The van der Waals surface area contributed by atoms with Gasteiger partial charge in [-0.25, -0.2) is 8.42 Å². The molecule has 3 rings (SSSR count). The van der Waals surface area contributed by atoms with Crippen molar-refractivity contribution in [2.75, 3.05) is 25.1 Å². The Kier molecular flexibility index (Phi) is 8.22. The van der Waals surface area contributed by atoms with Crippen LogP contribution < -0.4 is 19.1 Å². The molecule has 0 aliphatic carbocycles. The molecule has 1 atom stereocenters. The standard InChI is InChI=1S/C25H27BrN2O5S/c1-17-5-12-22(13-6-17)34(30,31)28(20-9-7-19(26)8-10-20)16-25(29)27-18(2)23-15-21(32-3)11-14-24(23)33-4/h5-15,18H,16H2,1-4H3,(H,27,29)/t18-/m1/s1. The molecular formula is C25H27BrN2O5S. The molecule has 7 nitrogen and oxygen atoms in total. The minimum absolute atomic E-state index is 0.108. The van der Waals surface area contributed by atoms with Crippen molar-refractivity contribution >= 4 is 37.5 Å². The van der Waals surface area contributed by atoms with Gasteiger partial charge < -0.3 is 14.8 Å². The van der Waals surface area contributed by atoms with Gasteiger partial charge in [-0.3, -0.25) is 9.10 Å². The molecular weight excluding hydrogens is 520 g/mol. The van der Waals surface area contributed by atoms with Gasteiger partial charge in [0.1, 0.15) is 18.0 Å². The number of sulfonamides is 1. The molecule has 34 heavy (non-hydrogen) atoms. The third-order valence-electron chi connectivity index (χ3n) is 5.29. The van der Waals surface area contributed by atoms with Gasteiger partial charge in [-0.05, 0) is 68.4 Å². The molecule has 0 bridgehead atoms. The van der Waals surface area contributed by atoms with Gasteiger partial charge in [0.2, 0.25) is 5.91 Å². The van der Waals surface area contributed by atoms with Crippen LogP contribution >= 0.6 is 15.9 Å². The highest BCUT2D eigenvalue weighted by atomic mass is 79.9. The summed E-state index contributed by atoms with van der Waals surface area (Å²) in [5, 5.41) is 2.88. The van der Waals surface area contributed by atoms with E-state index in [0.29, 0.717) is 22.7 Å². The Balaban J connectivity index is 1.90. The molecule has 0 fully saturated rings. The predicted octanol–water partition coefficient (Wildman–Crippen LogP) is 4.85. The summed E-state index contributed by atoms with van der Waals surface area (Å²) in [6, 6.07) is 18.1. The highest BCUT2D eigenvalue weighted by Gasteiger charge is 2.28. The highest BCUT2D eigenvalue weighted by molar-refractivity contribution is 9.10. The fourth-order valence-corrected chi connectivity index (χ4v) is 5.12. The second-order valence-corrected chi connectivity index (χ2v) is 10.5. The zero-order chi connectivity index (χ0) is 24.9. The number of amides is 1. The van der Waals surface area contributed by atoms with Gasteiger partial charge in [0.05, 0.1) is 30.8 Å². The molecule has 0 aliphatic heterocycles. The lowest BCUT2D eigenvalue weighted by Crippen LogP contribution is -2.41. The van der Waals surface area contributed by atoms with Crippen LogP contribution in [0.1, 0.15) is 24.1 Å². The summed E-state index contributed by atoms with van der Waals surface area (Å²) < 4.78 is 39.6. The lowest BCUT2D eigenvalue weighted by atomic mass is 10.1. The molecule has 0 aromatic heterocycles. The monoisotopic (exact) mass is 546 g/mol. The van der Waals surface area contributed by atoms with Crippen LogP contribution in [0.15, 0.2) is 76.1 Å². The van der Waals surface area contributed by atoms with Crippen LogP contribution in [-0.4, -0.2) is 35.1 Å². The van der Waals surface area contributed by atoms with E-state index in [1.807, 2.05) is 6.92 Å². The number of carbonyl (C=O) groups is 1. The van der Waals surface area contributed by atoms with E-state index < -0.39 is 28.5 Å². The van der Waals surface area contributed by atoms with E-state index in [0.717, 1.165) is 14.3 Å². The van der Waals surface area contributed by atoms with E-state index in [2.05, 4.69) is 21.2 Å². The molecule has 1 N–H and O–H groups in total. The van der Waals surface area contributed by atoms with Crippen molar-refractivity contribution in [2.24, 2.45) is 0 Å². The topological polar surface area (TPSA) is 84.9 Å². The maximum atomic E-state index is 13.5. The zero-order valence-electron chi connectivity index (χ0n) is 19.4. The number of anilines is 1. The van der Waals surface area contributed by atoms with Crippen LogP contribution in [0.5, 0.6) is 11.5 Å². The van der Waals surface area contributed by atoms with Crippen molar-refractivity contribution < 1.29 is 22.7 Å². The van der Waals surface area contributed by atoms with E-state index >= 15 is 0 Å². The number of ether oxygens (including phenoxy) is 2. The minimum Gasteiger partial charge on any atom is -0.497 e. The van der Waals surface area contributed by atoms with Gasteiger partial charge in [-0.1, -0.05) is 33.6 Å². The third kappa shape index (κ3) is 5.90. The Morgan fingerprint density at radius 3 is 2.24 bits per heavy atom. The Bertz CT molecular complexity index is 1250. The van der Waals surface area contributed by atoms with E-state index in [4.69, 9.17) is 9.47 Å². The molecule has 3 aromatic rings. The van der Waals surface area contributed by atoms with E-state index in [-0.39, 0.29) is 4.90 Å². The van der Waals surface area contributed by atoms with Gasteiger partial charge in [-0.15, -0.1) is 0 Å². The summed E-state index contributed by atoms with van der Waals surface area (Å²) >= 11 is 3.36. The van der Waals surface area contributed by atoms with Crippen molar-refractivity contribution in [3.05, 3.63) is 82.3 Å². The van der Waals surface area contributed by atoms with Crippen molar-refractivity contribution in [2.45, 2.75) is 24.8 Å². The summed E-state index contributed by atoms with van der Waals surface area (Å²) in [4.78, 5) is 13.2. The largest absolute Gasteiger partial charge is 0.497 e. The SMILES string of the molecule is COc1ccc(OC)c([C@@H](C)NC(=O)CN(c2ccc(Br)cc2)S(=O)(=O)c2ccc(C)cc2)c1. The van der Waals surface area contributed by atoms with Crippen LogP contribution in [0, 0.1) is 6.92 Å². The third-order valence-corrected chi connectivity index (χ3v) is 7.61. The van der Waals surface area contributed by atoms with Crippen LogP contribution in [0.2, 0.25) is 0 Å². The average molecular weight is 547 g/mol. The van der Waals surface area contributed by atoms with Gasteiger partial charge >= 0.3 is 0 Å². The van der Waals surface area contributed by atoms with E-state index in [9.17, 15) is 13.2 Å². The molecule has 9 heteroatoms. The number of benzene rings is 3. The van der Waals surface area contributed by atoms with Crippen LogP contribution in [0.25, 0.3) is 0 Å². The Morgan fingerprint density at radius 2 is 1.65 bits per heavy atom. The van der Waals surface area contributed by atoms with Crippen molar-refractivity contribution in [3.63, 3.8) is 0 Å². The highest BCUT2D eigenvalue weighted by Crippen LogP contribution is 2.30. The summed E-state index contributed by atoms with van der Waals surface area (Å²) in [7, 11) is -0.889. The quantitative estimate of drug-likeness (QED) is 0.414. The predicted molar refractivity (Wildman–Crippen MR) is 136 cm³/mol. The minimum atomic E-state index is -3.99. The number of methoxy groups -OCH3 is 2. The van der Waals surface area contributed by atoms with Crippen molar-refractivity contribution in [3.8, 4) is 11.5 Å². The fraction of sp³-hybridized carbons (Fsp3) is 0.240.